The molecule has 0 unspecified atom stereocenters. The number of benzene rings is 6. The summed E-state index contributed by atoms with van der Waals surface area (Å²) in [6.45, 7) is 0. The van der Waals surface area contributed by atoms with Crippen LogP contribution in [0.3, 0.4) is 0 Å². The van der Waals surface area contributed by atoms with Crippen molar-refractivity contribution in [2.45, 2.75) is 0 Å². The smallest absolute Gasteiger partial charge is 0.160 e. The zero-order chi connectivity index (χ0) is 32.6. The fourth-order valence-corrected chi connectivity index (χ4v) is 6.66. The number of fused-ring (bicyclic) bond motifs is 3. The molecule has 230 valence electrons. The second kappa shape index (κ2) is 12.2. The van der Waals surface area contributed by atoms with Crippen LogP contribution in [0.1, 0.15) is 0 Å². The third-order valence-corrected chi connectivity index (χ3v) is 9.15. The van der Waals surface area contributed by atoms with Crippen molar-refractivity contribution < 1.29 is 0 Å². The number of hydrogen-bond acceptors (Lipinski definition) is 3. The van der Waals surface area contributed by atoms with Crippen LogP contribution in [0.25, 0.3) is 83.6 Å². The molecule has 0 saturated carbocycles. The minimum Gasteiger partial charge on any atom is -0.309 e. The zero-order valence-electron chi connectivity index (χ0n) is 26.6. The molecule has 0 aliphatic carbocycles. The van der Waals surface area contributed by atoms with E-state index in [1.165, 1.54) is 21.8 Å². The van der Waals surface area contributed by atoms with E-state index >= 15 is 0 Å². The number of para-hydroxylation sites is 2. The largest absolute Gasteiger partial charge is 0.309 e. The predicted octanol–water partition coefficient (Wildman–Crippen LogP) is 11.3. The highest BCUT2D eigenvalue weighted by molar-refractivity contribution is 6.09. The minimum atomic E-state index is 0.703. The molecule has 9 aromatic rings. The van der Waals surface area contributed by atoms with Gasteiger partial charge in [-0.25, -0.2) is 9.97 Å². The summed E-state index contributed by atoms with van der Waals surface area (Å²) in [6, 6.07) is 59.5. The van der Waals surface area contributed by atoms with Gasteiger partial charge in [0.2, 0.25) is 0 Å². The predicted molar refractivity (Wildman–Crippen MR) is 201 cm³/mol. The van der Waals surface area contributed by atoms with E-state index in [0.29, 0.717) is 5.82 Å². The molecule has 6 aromatic carbocycles. The normalized spacial score (nSPS) is 11.3. The Hall–Kier alpha value is -6.65. The maximum Gasteiger partial charge on any atom is 0.160 e. The Morgan fingerprint density at radius 3 is 1.39 bits per heavy atom. The van der Waals surface area contributed by atoms with Crippen LogP contribution in [0.15, 0.2) is 182 Å². The van der Waals surface area contributed by atoms with E-state index in [2.05, 4.69) is 155 Å². The van der Waals surface area contributed by atoms with Crippen LogP contribution in [-0.2, 0) is 0 Å². The molecule has 9 rings (SSSR count). The summed E-state index contributed by atoms with van der Waals surface area (Å²) >= 11 is 0. The van der Waals surface area contributed by atoms with Gasteiger partial charge in [0.1, 0.15) is 0 Å². The molecule has 4 nitrogen and oxygen atoms in total. The maximum absolute atomic E-state index is 5.03. The third kappa shape index (κ3) is 5.35. The highest BCUT2D eigenvalue weighted by Gasteiger charge is 2.13. The van der Waals surface area contributed by atoms with E-state index in [1.807, 2.05) is 30.5 Å². The van der Waals surface area contributed by atoms with Crippen LogP contribution in [-0.4, -0.2) is 19.5 Å². The van der Waals surface area contributed by atoms with Crippen molar-refractivity contribution in [1.82, 2.24) is 19.5 Å². The summed E-state index contributed by atoms with van der Waals surface area (Å²) < 4.78 is 2.35. The van der Waals surface area contributed by atoms with Crippen LogP contribution < -0.4 is 0 Å². The molecular formula is C45H30N4. The molecule has 4 heteroatoms. The number of nitrogens with zero attached hydrogens (tertiary/aromatic N) is 4. The Labute approximate surface area is 284 Å². The number of rotatable bonds is 6. The highest BCUT2D eigenvalue weighted by Crippen LogP contribution is 2.34. The Balaban J connectivity index is 1.05. The van der Waals surface area contributed by atoms with Gasteiger partial charge in [-0.05, 0) is 58.7 Å². The topological polar surface area (TPSA) is 43.6 Å². The Bertz CT molecular complexity index is 2500. The number of pyridine rings is 1. The molecule has 0 radical (unpaired) electrons. The van der Waals surface area contributed by atoms with Gasteiger partial charge in [0, 0.05) is 45.5 Å². The highest BCUT2D eigenvalue weighted by atomic mass is 15.0. The van der Waals surface area contributed by atoms with Crippen molar-refractivity contribution >= 4 is 21.8 Å². The number of hydrogen-bond donors (Lipinski definition) is 0. The maximum atomic E-state index is 5.03. The van der Waals surface area contributed by atoms with Gasteiger partial charge in [0.25, 0.3) is 0 Å². The summed E-state index contributed by atoms with van der Waals surface area (Å²) in [5, 5.41) is 2.53. The van der Waals surface area contributed by atoms with E-state index in [1.54, 1.807) is 6.20 Å². The second-order valence-corrected chi connectivity index (χ2v) is 12.1. The van der Waals surface area contributed by atoms with Crippen molar-refractivity contribution in [2.75, 3.05) is 0 Å². The van der Waals surface area contributed by atoms with Gasteiger partial charge in [0.05, 0.1) is 22.4 Å². The summed E-state index contributed by atoms with van der Waals surface area (Å²) in [5.74, 6) is 0.703. The van der Waals surface area contributed by atoms with E-state index < -0.39 is 0 Å². The van der Waals surface area contributed by atoms with Gasteiger partial charge >= 0.3 is 0 Å². The van der Waals surface area contributed by atoms with Crippen molar-refractivity contribution in [3.63, 3.8) is 0 Å². The molecule has 0 N–H and O–H groups in total. The lowest BCUT2D eigenvalue weighted by Crippen LogP contribution is -1.96. The van der Waals surface area contributed by atoms with Crippen LogP contribution in [0.4, 0.5) is 0 Å². The van der Waals surface area contributed by atoms with Crippen molar-refractivity contribution in [3.05, 3.63) is 182 Å². The van der Waals surface area contributed by atoms with E-state index in [4.69, 9.17) is 9.97 Å². The summed E-state index contributed by atoms with van der Waals surface area (Å²) in [4.78, 5) is 14.3. The average molecular weight is 627 g/mol. The molecule has 0 bridgehead atoms. The monoisotopic (exact) mass is 626 g/mol. The molecule has 0 fully saturated rings. The first-order chi connectivity index (χ1) is 24.3. The first-order valence-corrected chi connectivity index (χ1v) is 16.4. The van der Waals surface area contributed by atoms with Crippen LogP contribution in [0.5, 0.6) is 0 Å². The first kappa shape index (κ1) is 28.6. The van der Waals surface area contributed by atoms with Gasteiger partial charge < -0.3 is 4.57 Å². The molecule has 49 heavy (non-hydrogen) atoms. The summed E-state index contributed by atoms with van der Waals surface area (Å²) in [6.07, 6.45) is 3.68. The number of aromatic nitrogens is 4. The lowest BCUT2D eigenvalue weighted by atomic mass is 10.0. The van der Waals surface area contributed by atoms with Gasteiger partial charge in [-0.1, -0.05) is 133 Å². The van der Waals surface area contributed by atoms with Crippen molar-refractivity contribution in [1.29, 1.82) is 0 Å². The SMILES string of the molecule is c1ccc(-c2nc(-c3ccc(-c4ccc(-n5c6ccccc6c6ccccc65)cc4)cc3)cc(-c3ccc(-c4cccnc4)cc3)n2)cc1. The molecule has 3 heterocycles. The molecule has 0 aliphatic rings. The van der Waals surface area contributed by atoms with E-state index in [9.17, 15) is 0 Å². The molecule has 0 spiro atoms. The minimum absolute atomic E-state index is 0.703. The molecule has 0 saturated heterocycles. The van der Waals surface area contributed by atoms with Crippen molar-refractivity contribution in [3.8, 4) is 61.8 Å². The molecule has 0 aliphatic heterocycles. The lowest BCUT2D eigenvalue weighted by Gasteiger charge is -2.11. The lowest BCUT2D eigenvalue weighted by molar-refractivity contribution is 1.18. The van der Waals surface area contributed by atoms with Gasteiger partial charge in [-0.15, -0.1) is 0 Å². The Morgan fingerprint density at radius 1 is 0.367 bits per heavy atom. The van der Waals surface area contributed by atoms with Crippen molar-refractivity contribution in [2.24, 2.45) is 0 Å². The molecule has 0 amide bonds. The van der Waals surface area contributed by atoms with Crippen LogP contribution in [0.2, 0.25) is 0 Å². The summed E-state index contributed by atoms with van der Waals surface area (Å²) in [7, 11) is 0. The average Bonchev–Trinajstić information content (AvgIpc) is 3.53. The van der Waals surface area contributed by atoms with Crippen LogP contribution in [0, 0.1) is 0 Å². The Morgan fingerprint density at radius 2 is 0.837 bits per heavy atom. The fourth-order valence-electron chi connectivity index (χ4n) is 6.66. The Kier molecular flexibility index (Phi) is 7.10. The second-order valence-electron chi connectivity index (χ2n) is 12.1. The van der Waals surface area contributed by atoms with Gasteiger partial charge in [0.15, 0.2) is 5.82 Å². The zero-order valence-corrected chi connectivity index (χ0v) is 26.6. The van der Waals surface area contributed by atoms with E-state index in [-0.39, 0.29) is 0 Å². The standard InChI is InChI=1S/C45H30N4/c1-2-9-36(10-3-1)45-47-41(29-42(48-45)35-22-18-33(19-23-35)37-11-8-28-46-30-37)34-20-16-31(17-21-34)32-24-26-38(27-25-32)49-43-14-6-4-12-39(43)40-13-5-7-15-44(40)49/h1-30H. The van der Waals surface area contributed by atoms with Gasteiger partial charge in [-0.2, -0.15) is 0 Å². The van der Waals surface area contributed by atoms with Gasteiger partial charge in [-0.3, -0.25) is 4.98 Å². The molecule has 0 atom stereocenters. The third-order valence-electron chi connectivity index (χ3n) is 9.15. The molecule has 3 aromatic heterocycles. The quantitative estimate of drug-likeness (QED) is 0.184. The van der Waals surface area contributed by atoms with E-state index in [0.717, 1.165) is 56.0 Å². The van der Waals surface area contributed by atoms with Crippen LogP contribution >= 0.6 is 0 Å². The molecular weight excluding hydrogens is 597 g/mol. The fraction of sp³-hybridized carbons (Fsp3) is 0. The summed E-state index contributed by atoms with van der Waals surface area (Å²) in [5.41, 5.74) is 12.9. The first-order valence-electron chi connectivity index (χ1n) is 16.4.